The molecule has 0 bridgehead atoms. The average molecular weight is 400 g/mol. The van der Waals surface area contributed by atoms with Gasteiger partial charge in [0, 0.05) is 11.6 Å². The van der Waals surface area contributed by atoms with Crippen LogP contribution in [-0.4, -0.2) is 33.9 Å². The topological polar surface area (TPSA) is 94.0 Å². The molecule has 2 N–H and O–H groups in total. The first kappa shape index (κ1) is 16.1. The molecule has 0 saturated heterocycles. The van der Waals surface area contributed by atoms with E-state index in [0.717, 1.165) is 15.3 Å². The maximum atomic E-state index is 12.4. The SMILES string of the molecule is O=C(NNC(=O)C1COc2ccccc2O1)c1cc2c(nc3sccn32)s1. The molecule has 0 spiro atoms. The highest BCUT2D eigenvalue weighted by Crippen LogP contribution is 2.31. The molecule has 1 aromatic carbocycles. The Morgan fingerprint density at radius 1 is 1.22 bits per heavy atom. The number of benzene rings is 1. The van der Waals surface area contributed by atoms with Gasteiger partial charge >= 0.3 is 0 Å². The van der Waals surface area contributed by atoms with Crippen LogP contribution in [0.15, 0.2) is 41.9 Å². The Morgan fingerprint density at radius 3 is 2.96 bits per heavy atom. The molecule has 5 rings (SSSR count). The lowest BCUT2D eigenvalue weighted by Crippen LogP contribution is -2.50. The van der Waals surface area contributed by atoms with Crippen molar-refractivity contribution in [3.63, 3.8) is 0 Å². The second-order valence-electron chi connectivity index (χ2n) is 5.78. The Balaban J connectivity index is 1.25. The van der Waals surface area contributed by atoms with Gasteiger partial charge in [0.2, 0.25) is 6.10 Å². The maximum Gasteiger partial charge on any atom is 0.283 e. The highest BCUT2D eigenvalue weighted by atomic mass is 32.1. The number of aromatic nitrogens is 2. The number of imidazole rings is 1. The molecular formula is C17H12N4O4S2. The number of hydrogen-bond acceptors (Lipinski definition) is 7. The summed E-state index contributed by atoms with van der Waals surface area (Å²) in [5, 5.41) is 1.93. The van der Waals surface area contributed by atoms with Crippen LogP contribution in [0.2, 0.25) is 0 Å². The Bertz CT molecular complexity index is 1180. The summed E-state index contributed by atoms with van der Waals surface area (Å²) in [6.07, 6.45) is 1.07. The number of fused-ring (bicyclic) bond motifs is 4. The molecule has 1 aliphatic heterocycles. The molecule has 4 aromatic rings. The lowest BCUT2D eigenvalue weighted by Gasteiger charge is -2.25. The summed E-state index contributed by atoms with van der Waals surface area (Å²) in [6, 6.07) is 8.86. The fourth-order valence-corrected chi connectivity index (χ4v) is 4.46. The molecule has 1 unspecified atom stereocenters. The van der Waals surface area contributed by atoms with E-state index < -0.39 is 17.9 Å². The third kappa shape index (κ3) is 2.78. The minimum absolute atomic E-state index is 0.0719. The summed E-state index contributed by atoms with van der Waals surface area (Å²) in [4.78, 5) is 31.2. The molecule has 0 saturated carbocycles. The average Bonchev–Trinajstić information content (AvgIpc) is 3.37. The molecule has 4 heterocycles. The van der Waals surface area contributed by atoms with E-state index in [0.29, 0.717) is 16.4 Å². The number of hydrogen-bond donors (Lipinski definition) is 2. The van der Waals surface area contributed by atoms with E-state index in [2.05, 4.69) is 15.8 Å². The van der Waals surface area contributed by atoms with Crippen LogP contribution in [0.25, 0.3) is 15.3 Å². The number of thiophene rings is 1. The molecular weight excluding hydrogens is 388 g/mol. The number of ether oxygens (including phenoxy) is 2. The van der Waals surface area contributed by atoms with Crippen LogP contribution in [0.1, 0.15) is 9.67 Å². The molecule has 1 atom stereocenters. The standard InChI is InChI=1S/C17H12N4O4S2/c22-14(12-8-24-10-3-1-2-4-11(10)25-12)19-20-15(23)13-7-9-16(27-13)18-17-21(9)5-6-26-17/h1-7,12H,8H2,(H,19,22)(H,20,23). The van der Waals surface area contributed by atoms with Gasteiger partial charge in [0.25, 0.3) is 11.8 Å². The maximum absolute atomic E-state index is 12.4. The molecule has 8 nitrogen and oxygen atoms in total. The van der Waals surface area contributed by atoms with Gasteiger partial charge in [-0.3, -0.25) is 24.8 Å². The number of nitrogens with zero attached hydrogens (tertiary/aromatic N) is 2. The Kier molecular flexibility index (Phi) is 3.73. The molecule has 0 radical (unpaired) electrons. The number of nitrogens with one attached hydrogen (secondary N) is 2. The Hall–Kier alpha value is -3.11. The van der Waals surface area contributed by atoms with Gasteiger partial charge in [-0.2, -0.15) is 0 Å². The molecule has 0 fully saturated rings. The number of thiazole rings is 1. The van der Waals surface area contributed by atoms with Gasteiger partial charge in [-0.25, -0.2) is 4.98 Å². The number of para-hydroxylation sites is 2. The van der Waals surface area contributed by atoms with Crippen LogP contribution in [0, 0.1) is 0 Å². The lowest BCUT2D eigenvalue weighted by molar-refractivity contribution is -0.131. The molecule has 3 aromatic heterocycles. The fraction of sp³-hybridized carbons (Fsp3) is 0.118. The molecule has 1 aliphatic rings. The normalized spacial score (nSPS) is 15.8. The fourth-order valence-electron chi connectivity index (χ4n) is 2.77. The van der Waals surface area contributed by atoms with Crippen LogP contribution in [0.3, 0.4) is 0 Å². The van der Waals surface area contributed by atoms with Crippen molar-refractivity contribution in [2.24, 2.45) is 0 Å². The third-order valence-electron chi connectivity index (χ3n) is 4.06. The highest BCUT2D eigenvalue weighted by Gasteiger charge is 2.27. The van der Waals surface area contributed by atoms with E-state index in [1.807, 2.05) is 22.0 Å². The summed E-state index contributed by atoms with van der Waals surface area (Å²) in [6.45, 7) is 0.0719. The lowest BCUT2D eigenvalue weighted by atomic mass is 10.2. The van der Waals surface area contributed by atoms with Crippen molar-refractivity contribution in [2.75, 3.05) is 6.61 Å². The number of rotatable bonds is 2. The molecule has 0 aliphatic carbocycles. The Morgan fingerprint density at radius 2 is 2.07 bits per heavy atom. The summed E-state index contributed by atoms with van der Waals surface area (Å²) < 4.78 is 13.0. The Labute approximate surface area is 160 Å². The summed E-state index contributed by atoms with van der Waals surface area (Å²) in [5.74, 6) is 0.191. The van der Waals surface area contributed by atoms with Gasteiger partial charge in [-0.15, -0.1) is 22.7 Å². The molecule has 10 heteroatoms. The van der Waals surface area contributed by atoms with Crippen LogP contribution < -0.4 is 20.3 Å². The van der Waals surface area contributed by atoms with Crippen molar-refractivity contribution >= 4 is 49.8 Å². The van der Waals surface area contributed by atoms with Crippen molar-refractivity contribution < 1.29 is 19.1 Å². The summed E-state index contributed by atoms with van der Waals surface area (Å²) in [5.41, 5.74) is 5.67. The van der Waals surface area contributed by atoms with E-state index in [9.17, 15) is 9.59 Å². The van der Waals surface area contributed by atoms with Crippen molar-refractivity contribution in [1.29, 1.82) is 0 Å². The van der Waals surface area contributed by atoms with Crippen molar-refractivity contribution in [3.8, 4) is 11.5 Å². The van der Waals surface area contributed by atoms with Crippen LogP contribution in [0.4, 0.5) is 0 Å². The van der Waals surface area contributed by atoms with E-state index >= 15 is 0 Å². The first-order chi connectivity index (χ1) is 13.2. The minimum atomic E-state index is -0.840. The third-order valence-corrected chi connectivity index (χ3v) is 5.84. The van der Waals surface area contributed by atoms with Gasteiger partial charge in [0.05, 0.1) is 10.4 Å². The minimum Gasteiger partial charge on any atom is -0.485 e. The van der Waals surface area contributed by atoms with Gasteiger partial charge in [-0.05, 0) is 18.2 Å². The van der Waals surface area contributed by atoms with E-state index in [1.165, 1.54) is 22.7 Å². The van der Waals surface area contributed by atoms with E-state index in [4.69, 9.17) is 9.47 Å². The largest absolute Gasteiger partial charge is 0.485 e. The van der Waals surface area contributed by atoms with E-state index in [1.54, 1.807) is 24.3 Å². The first-order valence-electron chi connectivity index (χ1n) is 8.03. The smallest absolute Gasteiger partial charge is 0.283 e. The van der Waals surface area contributed by atoms with Crippen LogP contribution >= 0.6 is 22.7 Å². The number of carbonyl (C=O) groups excluding carboxylic acids is 2. The predicted molar refractivity (Wildman–Crippen MR) is 100 cm³/mol. The van der Waals surface area contributed by atoms with Crippen molar-refractivity contribution in [1.82, 2.24) is 20.2 Å². The van der Waals surface area contributed by atoms with Gasteiger partial charge in [0.15, 0.2) is 16.5 Å². The summed E-state index contributed by atoms with van der Waals surface area (Å²) in [7, 11) is 0. The second-order valence-corrected chi connectivity index (χ2v) is 7.68. The zero-order valence-corrected chi connectivity index (χ0v) is 15.3. The highest BCUT2D eigenvalue weighted by molar-refractivity contribution is 7.21. The molecule has 136 valence electrons. The van der Waals surface area contributed by atoms with E-state index in [-0.39, 0.29) is 6.61 Å². The van der Waals surface area contributed by atoms with Gasteiger partial charge < -0.3 is 9.47 Å². The number of amides is 2. The zero-order valence-electron chi connectivity index (χ0n) is 13.7. The first-order valence-corrected chi connectivity index (χ1v) is 9.72. The zero-order chi connectivity index (χ0) is 18.4. The van der Waals surface area contributed by atoms with Crippen LogP contribution in [0.5, 0.6) is 11.5 Å². The number of carbonyl (C=O) groups is 2. The predicted octanol–water partition coefficient (Wildman–Crippen LogP) is 2.21. The van der Waals surface area contributed by atoms with Crippen molar-refractivity contribution in [3.05, 3.63) is 46.8 Å². The summed E-state index contributed by atoms with van der Waals surface area (Å²) >= 11 is 2.80. The monoisotopic (exact) mass is 400 g/mol. The second kappa shape index (κ2) is 6.25. The quantitative estimate of drug-likeness (QED) is 0.503. The molecule has 27 heavy (non-hydrogen) atoms. The van der Waals surface area contributed by atoms with Gasteiger partial charge in [0.1, 0.15) is 11.4 Å². The van der Waals surface area contributed by atoms with Crippen molar-refractivity contribution in [2.45, 2.75) is 6.10 Å². The van der Waals surface area contributed by atoms with Crippen LogP contribution in [-0.2, 0) is 4.79 Å². The van der Waals surface area contributed by atoms with Gasteiger partial charge in [-0.1, -0.05) is 12.1 Å². The number of hydrazine groups is 1. The molecule has 2 amide bonds.